The minimum absolute atomic E-state index is 0.689. The predicted molar refractivity (Wildman–Crippen MR) is 144 cm³/mol. The zero-order valence-electron chi connectivity index (χ0n) is 20.4. The first-order valence-electron chi connectivity index (χ1n) is 11.8. The minimum Gasteiger partial charge on any atom is -0.262 e. The molecule has 0 saturated carbocycles. The molecule has 0 atom stereocenters. The Hall–Kier alpha value is -3.92. The van der Waals surface area contributed by atoms with Crippen molar-refractivity contribution in [1.29, 1.82) is 0 Å². The zero-order chi connectivity index (χ0) is 23.7. The van der Waals surface area contributed by atoms with Gasteiger partial charge in [0.2, 0.25) is 0 Å². The average molecular weight is 449 g/mol. The molecule has 0 unspecified atom stereocenters. The smallest absolute Gasteiger partial charge is 0.130 e. The zero-order valence-corrected chi connectivity index (χ0v) is 20.4. The van der Waals surface area contributed by atoms with Gasteiger partial charge in [-0.3, -0.25) is 20.0 Å². The third kappa shape index (κ3) is 4.44. The summed E-state index contributed by atoms with van der Waals surface area (Å²) in [7, 11) is 0. The van der Waals surface area contributed by atoms with Gasteiger partial charge in [0.05, 0.1) is 22.7 Å². The van der Waals surface area contributed by atoms with Gasteiger partial charge in [-0.05, 0) is 98.5 Å². The molecule has 0 aromatic heterocycles. The van der Waals surface area contributed by atoms with Gasteiger partial charge in [0.25, 0.3) is 0 Å². The van der Waals surface area contributed by atoms with Crippen molar-refractivity contribution in [3.63, 3.8) is 0 Å². The maximum Gasteiger partial charge on any atom is 0.130 e. The van der Waals surface area contributed by atoms with Gasteiger partial charge < -0.3 is 0 Å². The summed E-state index contributed by atoms with van der Waals surface area (Å²) in [5, 5.41) is 9.54. The van der Waals surface area contributed by atoms with Crippen LogP contribution in [-0.4, -0.2) is 13.3 Å². The third-order valence-electron chi connectivity index (χ3n) is 6.32. The summed E-state index contributed by atoms with van der Waals surface area (Å²) in [6.45, 7) is 10.00. The Balaban J connectivity index is 1.65. The molecule has 34 heavy (non-hydrogen) atoms. The van der Waals surface area contributed by atoms with E-state index in [2.05, 4.69) is 145 Å². The van der Waals surface area contributed by atoms with E-state index in [0.29, 0.717) is 13.3 Å². The van der Waals surface area contributed by atoms with Gasteiger partial charge in [0, 0.05) is 0 Å². The topological polar surface area (TPSA) is 13.0 Å². The van der Waals surface area contributed by atoms with E-state index in [1.54, 1.807) is 0 Å². The second kappa shape index (κ2) is 9.14. The second-order valence-electron chi connectivity index (χ2n) is 9.24. The lowest BCUT2D eigenvalue weighted by molar-refractivity contribution is 0.568. The lowest BCUT2D eigenvalue weighted by Gasteiger charge is -2.53. The van der Waals surface area contributed by atoms with E-state index in [1.165, 1.54) is 45.0 Å². The van der Waals surface area contributed by atoms with Gasteiger partial charge in [0.15, 0.2) is 0 Å². The van der Waals surface area contributed by atoms with E-state index in [-0.39, 0.29) is 0 Å². The molecule has 0 bridgehead atoms. The van der Waals surface area contributed by atoms with E-state index in [1.807, 2.05) is 0 Å². The molecule has 0 amide bonds. The van der Waals surface area contributed by atoms with Crippen molar-refractivity contribution in [2.45, 2.75) is 27.7 Å². The van der Waals surface area contributed by atoms with Gasteiger partial charge >= 0.3 is 0 Å². The predicted octanol–water partition coefficient (Wildman–Crippen LogP) is 7.01. The van der Waals surface area contributed by atoms with E-state index >= 15 is 0 Å². The fourth-order valence-corrected chi connectivity index (χ4v) is 4.60. The van der Waals surface area contributed by atoms with Crippen LogP contribution < -0.4 is 20.0 Å². The van der Waals surface area contributed by atoms with Crippen LogP contribution in [0.4, 0.5) is 22.7 Å². The summed E-state index contributed by atoms with van der Waals surface area (Å²) in [4.78, 5) is 0. The van der Waals surface area contributed by atoms with E-state index in [4.69, 9.17) is 0 Å². The number of benzene rings is 4. The first kappa shape index (κ1) is 21.9. The molecular weight excluding hydrogens is 416 g/mol. The lowest BCUT2D eigenvalue weighted by atomic mass is 10.2. The average Bonchev–Trinajstić information content (AvgIpc) is 2.83. The van der Waals surface area contributed by atoms with Crippen LogP contribution in [-0.2, 0) is 0 Å². The highest BCUT2D eigenvalue weighted by molar-refractivity contribution is 5.68. The van der Waals surface area contributed by atoms with Crippen molar-refractivity contribution >= 4 is 22.7 Å². The molecular formula is C30H32N4. The Kier molecular flexibility index (Phi) is 5.89. The molecule has 0 spiro atoms. The van der Waals surface area contributed by atoms with Gasteiger partial charge in [-0.25, -0.2) is 0 Å². The fourth-order valence-electron chi connectivity index (χ4n) is 4.60. The molecule has 1 saturated heterocycles. The van der Waals surface area contributed by atoms with Gasteiger partial charge in [-0.1, -0.05) is 48.5 Å². The number of nitrogens with zero attached hydrogens (tertiary/aromatic N) is 4. The highest BCUT2D eigenvalue weighted by atomic mass is 15.8. The van der Waals surface area contributed by atoms with Crippen molar-refractivity contribution in [3.05, 3.63) is 119 Å². The SMILES string of the molecule is Cc1cccc(N2CN(c3cccc(C)c3)N(c3cccc(C)c3)CN2c2cccc(C)c2)c1. The van der Waals surface area contributed by atoms with E-state index < -0.39 is 0 Å². The number of hydrogen-bond acceptors (Lipinski definition) is 4. The minimum atomic E-state index is 0.689. The summed E-state index contributed by atoms with van der Waals surface area (Å²) in [6.07, 6.45) is 0. The number of rotatable bonds is 4. The van der Waals surface area contributed by atoms with Crippen molar-refractivity contribution in [3.8, 4) is 0 Å². The second-order valence-corrected chi connectivity index (χ2v) is 9.24. The molecule has 1 aliphatic heterocycles. The molecule has 1 aliphatic rings. The summed E-state index contributed by atoms with van der Waals surface area (Å²) >= 11 is 0. The van der Waals surface area contributed by atoms with Crippen LogP contribution in [0.15, 0.2) is 97.1 Å². The highest BCUT2D eigenvalue weighted by Gasteiger charge is 2.32. The Morgan fingerprint density at radius 1 is 0.382 bits per heavy atom. The molecule has 5 rings (SSSR count). The quantitative estimate of drug-likeness (QED) is 0.333. The maximum atomic E-state index is 2.39. The monoisotopic (exact) mass is 448 g/mol. The van der Waals surface area contributed by atoms with E-state index in [0.717, 1.165) is 0 Å². The summed E-state index contributed by atoms with van der Waals surface area (Å²) in [6, 6.07) is 35.0. The Morgan fingerprint density at radius 2 is 0.618 bits per heavy atom. The van der Waals surface area contributed by atoms with Gasteiger partial charge in [-0.2, -0.15) is 0 Å². The number of anilines is 4. The number of hydrazine groups is 2. The Labute approximate surface area is 203 Å². The molecule has 4 nitrogen and oxygen atoms in total. The van der Waals surface area contributed by atoms with Crippen molar-refractivity contribution < 1.29 is 0 Å². The van der Waals surface area contributed by atoms with Crippen LogP contribution >= 0.6 is 0 Å². The van der Waals surface area contributed by atoms with Crippen LogP contribution in [0, 0.1) is 27.7 Å². The molecule has 0 N–H and O–H groups in total. The highest BCUT2D eigenvalue weighted by Crippen LogP contribution is 2.33. The number of hydrogen-bond donors (Lipinski definition) is 0. The fraction of sp³-hybridized carbons (Fsp3) is 0.200. The Morgan fingerprint density at radius 3 is 0.824 bits per heavy atom. The standard InChI is InChI=1S/C30H32N4/c1-23-9-5-13-27(17-23)31-21-33(29-15-7-11-25(3)19-29)34(30-16-8-12-26(4)20-30)22-32(31)28-14-6-10-24(2)18-28/h5-20H,21-22H2,1-4H3. The molecule has 1 heterocycles. The van der Waals surface area contributed by atoms with Gasteiger partial charge in [-0.15, -0.1) is 0 Å². The summed E-state index contributed by atoms with van der Waals surface area (Å²) < 4.78 is 0. The maximum absolute atomic E-state index is 2.39. The third-order valence-corrected chi connectivity index (χ3v) is 6.32. The molecule has 0 radical (unpaired) electrons. The lowest BCUT2D eigenvalue weighted by Crippen LogP contribution is -2.65. The summed E-state index contributed by atoms with van der Waals surface area (Å²) in [5.74, 6) is 0. The molecule has 4 heteroatoms. The largest absolute Gasteiger partial charge is 0.262 e. The number of aryl methyl sites for hydroxylation is 4. The van der Waals surface area contributed by atoms with Crippen LogP contribution in [0.3, 0.4) is 0 Å². The van der Waals surface area contributed by atoms with Crippen LogP contribution in [0.25, 0.3) is 0 Å². The Bertz CT molecular complexity index is 1100. The van der Waals surface area contributed by atoms with Crippen LogP contribution in [0.1, 0.15) is 22.3 Å². The first-order chi connectivity index (χ1) is 16.5. The van der Waals surface area contributed by atoms with Crippen molar-refractivity contribution in [2.24, 2.45) is 0 Å². The molecule has 1 fully saturated rings. The van der Waals surface area contributed by atoms with Crippen LogP contribution in [0.2, 0.25) is 0 Å². The molecule has 0 aliphatic carbocycles. The van der Waals surface area contributed by atoms with Crippen molar-refractivity contribution in [2.75, 3.05) is 33.4 Å². The van der Waals surface area contributed by atoms with E-state index in [9.17, 15) is 0 Å². The first-order valence-corrected chi connectivity index (χ1v) is 11.8. The van der Waals surface area contributed by atoms with Gasteiger partial charge in [0.1, 0.15) is 13.3 Å². The van der Waals surface area contributed by atoms with Crippen LogP contribution in [0.5, 0.6) is 0 Å². The van der Waals surface area contributed by atoms with Crippen molar-refractivity contribution in [1.82, 2.24) is 0 Å². The summed E-state index contributed by atoms with van der Waals surface area (Å²) in [5.41, 5.74) is 9.75. The molecule has 172 valence electrons. The normalized spacial score (nSPS) is 14.0. The molecule has 4 aromatic rings. The molecule has 4 aromatic carbocycles.